The van der Waals surface area contributed by atoms with Crippen molar-refractivity contribution in [1.82, 2.24) is 0 Å². The second-order valence-electron chi connectivity index (χ2n) is 3.58. The van der Waals surface area contributed by atoms with Gasteiger partial charge in [0.05, 0.1) is 12.2 Å². The quantitative estimate of drug-likeness (QED) is 0.659. The zero-order valence-electron chi connectivity index (χ0n) is 6.64. The molecule has 0 radical (unpaired) electrons. The number of ether oxygens (including phenoxy) is 1. The second kappa shape index (κ2) is 2.12. The third-order valence-electron chi connectivity index (χ3n) is 2.77. The molecule has 12 heavy (non-hydrogen) atoms. The van der Waals surface area contributed by atoms with E-state index in [0.717, 1.165) is 11.1 Å². The number of rotatable bonds is 0. The van der Waals surface area contributed by atoms with Crippen LogP contribution in [0.4, 0.5) is 0 Å². The summed E-state index contributed by atoms with van der Waals surface area (Å²) in [5.74, 6) is 0. The first-order valence-electron chi connectivity index (χ1n) is 4.23. The van der Waals surface area contributed by atoms with Crippen molar-refractivity contribution in [2.24, 2.45) is 0 Å². The van der Waals surface area contributed by atoms with E-state index in [-0.39, 0.29) is 5.60 Å². The molecule has 1 aromatic rings. The predicted octanol–water partition coefficient (Wildman–Crippen LogP) is 2.97. The molecule has 1 aromatic carbocycles. The number of halogens is 1. The largest absolute Gasteiger partial charge is 0.366 e. The van der Waals surface area contributed by atoms with Gasteiger partial charge in [-0.3, -0.25) is 0 Å². The summed E-state index contributed by atoms with van der Waals surface area (Å²) in [5.41, 5.74) is 2.93. The summed E-state index contributed by atoms with van der Waals surface area (Å²) in [6, 6.07) is 6.47. The molecule has 62 valence electrons. The smallest absolute Gasteiger partial charge is 0.0941 e. The van der Waals surface area contributed by atoms with Crippen molar-refractivity contribution in [3.63, 3.8) is 0 Å². The maximum Gasteiger partial charge on any atom is 0.0941 e. The van der Waals surface area contributed by atoms with E-state index < -0.39 is 0 Å². The molecular weight excluding hydrogens is 216 g/mol. The van der Waals surface area contributed by atoms with Gasteiger partial charge in [0.2, 0.25) is 0 Å². The van der Waals surface area contributed by atoms with E-state index in [0.29, 0.717) is 0 Å². The molecule has 1 aliphatic heterocycles. The van der Waals surface area contributed by atoms with Gasteiger partial charge in [0.15, 0.2) is 0 Å². The lowest BCUT2D eigenvalue weighted by Gasteiger charge is -2.06. The molecule has 0 N–H and O–H groups in total. The third kappa shape index (κ3) is 0.824. The van der Waals surface area contributed by atoms with E-state index in [2.05, 4.69) is 34.1 Å². The zero-order chi connectivity index (χ0) is 8.18. The van der Waals surface area contributed by atoms with Crippen LogP contribution in [-0.2, 0) is 16.9 Å². The van der Waals surface area contributed by atoms with Crippen molar-refractivity contribution in [2.75, 3.05) is 0 Å². The second-order valence-corrected chi connectivity index (χ2v) is 4.50. The Morgan fingerprint density at radius 3 is 2.92 bits per heavy atom. The fraction of sp³-hybridized carbons (Fsp3) is 0.400. The maximum absolute atomic E-state index is 5.76. The minimum Gasteiger partial charge on any atom is -0.366 e. The van der Waals surface area contributed by atoms with Gasteiger partial charge in [-0.25, -0.2) is 0 Å². The number of fused-ring (bicyclic) bond motifs is 2. The highest BCUT2D eigenvalue weighted by Gasteiger charge is 2.50. The molecule has 1 spiro atoms. The first-order valence-corrected chi connectivity index (χ1v) is 5.02. The molecule has 0 amide bonds. The lowest BCUT2D eigenvalue weighted by atomic mass is 10.0. The minimum atomic E-state index is 0.149. The Morgan fingerprint density at radius 1 is 1.33 bits per heavy atom. The summed E-state index contributed by atoms with van der Waals surface area (Å²) < 4.78 is 6.91. The van der Waals surface area contributed by atoms with Crippen molar-refractivity contribution >= 4 is 15.9 Å². The van der Waals surface area contributed by atoms with Crippen molar-refractivity contribution in [3.05, 3.63) is 33.8 Å². The standard InChI is InChI=1S/C10H9BrO/c11-8-1-2-9-7(5-8)6-12-10(9)3-4-10/h1-2,5H,3-4,6H2. The Hall–Kier alpha value is -0.340. The molecule has 3 rings (SSSR count). The van der Waals surface area contributed by atoms with Gasteiger partial charge in [-0.15, -0.1) is 0 Å². The van der Waals surface area contributed by atoms with Crippen molar-refractivity contribution < 1.29 is 4.74 Å². The molecule has 1 saturated carbocycles. The molecule has 2 heteroatoms. The van der Waals surface area contributed by atoms with E-state index in [1.807, 2.05) is 0 Å². The van der Waals surface area contributed by atoms with Crippen LogP contribution >= 0.6 is 15.9 Å². The number of hydrogen-bond acceptors (Lipinski definition) is 1. The molecule has 2 aliphatic rings. The van der Waals surface area contributed by atoms with Gasteiger partial charge in [-0.05, 0) is 36.1 Å². The third-order valence-corrected chi connectivity index (χ3v) is 3.26. The highest BCUT2D eigenvalue weighted by molar-refractivity contribution is 9.10. The highest BCUT2D eigenvalue weighted by atomic mass is 79.9. The molecule has 0 saturated heterocycles. The summed E-state index contributed by atoms with van der Waals surface area (Å²) in [6.45, 7) is 0.800. The fourth-order valence-electron chi connectivity index (χ4n) is 1.95. The van der Waals surface area contributed by atoms with Gasteiger partial charge in [0.25, 0.3) is 0 Å². The Balaban J connectivity index is 2.18. The van der Waals surface area contributed by atoms with Gasteiger partial charge in [-0.1, -0.05) is 22.0 Å². The van der Waals surface area contributed by atoms with Crippen molar-refractivity contribution in [1.29, 1.82) is 0 Å². The average Bonchev–Trinajstić information content (AvgIpc) is 2.73. The molecular formula is C10H9BrO. The van der Waals surface area contributed by atoms with E-state index in [1.165, 1.54) is 24.0 Å². The molecule has 0 bridgehead atoms. The molecule has 0 unspecified atom stereocenters. The van der Waals surface area contributed by atoms with Gasteiger partial charge < -0.3 is 4.74 Å². The van der Waals surface area contributed by atoms with E-state index in [4.69, 9.17) is 4.74 Å². The van der Waals surface area contributed by atoms with E-state index in [9.17, 15) is 0 Å². The van der Waals surface area contributed by atoms with Gasteiger partial charge in [-0.2, -0.15) is 0 Å². The monoisotopic (exact) mass is 224 g/mol. The van der Waals surface area contributed by atoms with Crippen LogP contribution in [0.2, 0.25) is 0 Å². The topological polar surface area (TPSA) is 9.23 Å². The maximum atomic E-state index is 5.76. The summed E-state index contributed by atoms with van der Waals surface area (Å²) in [7, 11) is 0. The Labute approximate surface area is 79.9 Å². The molecule has 1 aliphatic carbocycles. The molecule has 0 atom stereocenters. The van der Waals surface area contributed by atoms with Gasteiger partial charge >= 0.3 is 0 Å². The molecule has 0 aromatic heterocycles. The molecule has 1 heterocycles. The summed E-state index contributed by atoms with van der Waals surface area (Å²) in [4.78, 5) is 0. The van der Waals surface area contributed by atoms with E-state index >= 15 is 0 Å². The average molecular weight is 225 g/mol. The Bertz CT molecular complexity index is 342. The lowest BCUT2D eigenvalue weighted by molar-refractivity contribution is 0.0442. The van der Waals surface area contributed by atoms with Crippen LogP contribution in [0.3, 0.4) is 0 Å². The first kappa shape index (κ1) is 7.10. The summed E-state index contributed by atoms with van der Waals surface area (Å²) in [6.07, 6.45) is 2.42. The van der Waals surface area contributed by atoms with Gasteiger partial charge in [0.1, 0.15) is 0 Å². The van der Waals surface area contributed by atoms with Crippen molar-refractivity contribution in [2.45, 2.75) is 25.0 Å². The van der Waals surface area contributed by atoms with Gasteiger partial charge in [0, 0.05) is 4.47 Å². The van der Waals surface area contributed by atoms with Crippen LogP contribution in [0.1, 0.15) is 24.0 Å². The fourth-order valence-corrected chi connectivity index (χ4v) is 2.36. The summed E-state index contributed by atoms with van der Waals surface area (Å²) >= 11 is 3.47. The Kier molecular flexibility index (Phi) is 1.25. The van der Waals surface area contributed by atoms with E-state index in [1.54, 1.807) is 0 Å². The van der Waals surface area contributed by atoms with Crippen LogP contribution in [0.5, 0.6) is 0 Å². The minimum absolute atomic E-state index is 0.149. The van der Waals surface area contributed by atoms with Crippen LogP contribution in [0.25, 0.3) is 0 Å². The van der Waals surface area contributed by atoms with Crippen LogP contribution in [-0.4, -0.2) is 0 Å². The first-order chi connectivity index (χ1) is 5.80. The Morgan fingerprint density at radius 2 is 2.17 bits per heavy atom. The van der Waals surface area contributed by atoms with Crippen LogP contribution in [0.15, 0.2) is 22.7 Å². The number of hydrogen-bond donors (Lipinski definition) is 0. The van der Waals surface area contributed by atoms with Crippen LogP contribution < -0.4 is 0 Å². The SMILES string of the molecule is Brc1ccc2c(c1)COC21CC1. The highest BCUT2D eigenvalue weighted by Crippen LogP contribution is 2.54. The zero-order valence-corrected chi connectivity index (χ0v) is 8.23. The lowest BCUT2D eigenvalue weighted by Crippen LogP contribution is -2.01. The van der Waals surface area contributed by atoms with Crippen LogP contribution in [0, 0.1) is 0 Å². The summed E-state index contributed by atoms with van der Waals surface area (Å²) in [5, 5.41) is 0. The predicted molar refractivity (Wildman–Crippen MR) is 49.8 cm³/mol. The normalized spacial score (nSPS) is 22.8. The molecule has 1 nitrogen and oxygen atoms in total. The van der Waals surface area contributed by atoms with Crippen molar-refractivity contribution in [3.8, 4) is 0 Å². The molecule has 1 fully saturated rings. The number of benzene rings is 1.